The van der Waals surface area contributed by atoms with Crippen LogP contribution in [0.25, 0.3) is 16.7 Å². The van der Waals surface area contributed by atoms with Gasteiger partial charge >= 0.3 is 0 Å². The summed E-state index contributed by atoms with van der Waals surface area (Å²) in [7, 11) is 0. The average molecular weight is 333 g/mol. The summed E-state index contributed by atoms with van der Waals surface area (Å²) >= 11 is 0. The first kappa shape index (κ1) is 15.6. The molecule has 1 aromatic carbocycles. The maximum absolute atomic E-state index is 10.5. The fourth-order valence-electron chi connectivity index (χ4n) is 3.21. The van der Waals surface area contributed by atoms with Crippen molar-refractivity contribution in [1.29, 1.82) is 0 Å². The second-order valence-electron chi connectivity index (χ2n) is 6.45. The first-order valence-electron chi connectivity index (χ1n) is 8.45. The SMILES string of the molecule is Nc1nccc(-n2ncc3ccc(C#CC4(O)CCCCC4)cc32)n1. The van der Waals surface area contributed by atoms with Crippen molar-refractivity contribution < 1.29 is 5.11 Å². The van der Waals surface area contributed by atoms with Gasteiger partial charge in [0.25, 0.3) is 0 Å². The number of fused-ring (bicyclic) bond motifs is 1. The molecular formula is C19H19N5O. The molecule has 6 nitrogen and oxygen atoms in total. The van der Waals surface area contributed by atoms with Crippen molar-refractivity contribution in [2.45, 2.75) is 37.7 Å². The highest BCUT2D eigenvalue weighted by molar-refractivity contribution is 5.81. The van der Waals surface area contributed by atoms with Gasteiger partial charge in [0.05, 0.1) is 11.7 Å². The van der Waals surface area contributed by atoms with E-state index in [0.717, 1.165) is 42.1 Å². The predicted molar refractivity (Wildman–Crippen MR) is 96.0 cm³/mol. The van der Waals surface area contributed by atoms with E-state index >= 15 is 0 Å². The Morgan fingerprint density at radius 3 is 2.80 bits per heavy atom. The van der Waals surface area contributed by atoms with Crippen molar-refractivity contribution >= 4 is 16.9 Å². The van der Waals surface area contributed by atoms with Crippen LogP contribution in [0.2, 0.25) is 0 Å². The summed E-state index contributed by atoms with van der Waals surface area (Å²) in [5.74, 6) is 7.01. The van der Waals surface area contributed by atoms with Gasteiger partial charge in [-0.3, -0.25) is 0 Å². The Morgan fingerprint density at radius 2 is 2.00 bits per heavy atom. The van der Waals surface area contributed by atoms with E-state index in [9.17, 15) is 5.11 Å². The Balaban J connectivity index is 1.72. The van der Waals surface area contributed by atoms with Crippen LogP contribution in [0.4, 0.5) is 5.95 Å². The molecule has 25 heavy (non-hydrogen) atoms. The van der Waals surface area contributed by atoms with Crippen LogP contribution in [0.15, 0.2) is 36.7 Å². The molecule has 3 aromatic rings. The average Bonchev–Trinajstić information content (AvgIpc) is 3.04. The van der Waals surface area contributed by atoms with Gasteiger partial charge in [-0.1, -0.05) is 18.3 Å². The number of aliphatic hydroxyl groups is 1. The lowest BCUT2D eigenvalue weighted by molar-refractivity contribution is 0.0610. The molecule has 0 amide bonds. The zero-order chi connectivity index (χ0) is 17.3. The molecule has 4 rings (SSSR count). The zero-order valence-corrected chi connectivity index (χ0v) is 13.8. The molecule has 6 heteroatoms. The highest BCUT2D eigenvalue weighted by atomic mass is 16.3. The minimum absolute atomic E-state index is 0.205. The first-order valence-corrected chi connectivity index (χ1v) is 8.45. The van der Waals surface area contributed by atoms with Crippen LogP contribution in [0.1, 0.15) is 37.7 Å². The second kappa shape index (κ2) is 6.19. The number of hydrogen-bond donors (Lipinski definition) is 2. The third kappa shape index (κ3) is 3.19. The Hall–Kier alpha value is -2.91. The topological polar surface area (TPSA) is 89.8 Å². The molecule has 2 aromatic heterocycles. The van der Waals surface area contributed by atoms with Crippen LogP contribution in [0.3, 0.4) is 0 Å². The van der Waals surface area contributed by atoms with Gasteiger partial charge in [0.2, 0.25) is 5.95 Å². The summed E-state index contributed by atoms with van der Waals surface area (Å²) < 4.78 is 1.72. The number of hydrogen-bond acceptors (Lipinski definition) is 5. The van der Waals surface area contributed by atoms with Crippen LogP contribution in [-0.2, 0) is 0 Å². The van der Waals surface area contributed by atoms with Crippen LogP contribution < -0.4 is 5.73 Å². The Morgan fingerprint density at radius 1 is 1.16 bits per heavy atom. The van der Waals surface area contributed by atoms with Crippen LogP contribution in [0, 0.1) is 11.8 Å². The smallest absolute Gasteiger partial charge is 0.221 e. The lowest BCUT2D eigenvalue weighted by Crippen LogP contribution is -2.29. The van der Waals surface area contributed by atoms with Gasteiger partial charge in [0.15, 0.2) is 5.82 Å². The standard InChI is InChI=1S/C19H19N5O/c20-18-21-11-7-17(23-18)24-16-12-14(4-5-15(16)13-22-24)6-10-19(25)8-2-1-3-9-19/h4-5,7,11-13,25H,1-3,8-9H2,(H2,20,21,23). The first-order chi connectivity index (χ1) is 12.1. The molecule has 1 fully saturated rings. The van der Waals surface area contributed by atoms with Crippen LogP contribution >= 0.6 is 0 Å². The van der Waals surface area contributed by atoms with Crippen LogP contribution in [-0.4, -0.2) is 30.5 Å². The van der Waals surface area contributed by atoms with Crippen molar-refractivity contribution in [1.82, 2.24) is 19.7 Å². The summed E-state index contributed by atoms with van der Waals surface area (Å²) in [5.41, 5.74) is 6.55. The van der Waals surface area contributed by atoms with Crippen molar-refractivity contribution in [3.63, 3.8) is 0 Å². The monoisotopic (exact) mass is 333 g/mol. The lowest BCUT2D eigenvalue weighted by atomic mass is 9.85. The normalized spacial score (nSPS) is 16.4. The fraction of sp³-hybridized carbons (Fsp3) is 0.316. The van der Waals surface area contributed by atoms with Gasteiger partial charge in [-0.05, 0) is 43.9 Å². The largest absolute Gasteiger partial charge is 0.378 e. The van der Waals surface area contributed by atoms with E-state index in [1.54, 1.807) is 23.1 Å². The second-order valence-corrected chi connectivity index (χ2v) is 6.45. The van der Waals surface area contributed by atoms with Gasteiger partial charge in [-0.15, -0.1) is 0 Å². The molecular weight excluding hydrogens is 314 g/mol. The summed E-state index contributed by atoms with van der Waals surface area (Å²) in [6.45, 7) is 0. The summed E-state index contributed by atoms with van der Waals surface area (Å²) in [6.07, 6.45) is 8.13. The van der Waals surface area contributed by atoms with E-state index in [-0.39, 0.29) is 5.95 Å². The molecule has 126 valence electrons. The number of nitrogen functional groups attached to an aromatic ring is 1. The number of nitrogens with zero attached hydrogens (tertiary/aromatic N) is 4. The maximum atomic E-state index is 10.5. The molecule has 1 aliphatic rings. The molecule has 0 spiro atoms. The molecule has 0 saturated heterocycles. The molecule has 0 unspecified atom stereocenters. The molecule has 0 atom stereocenters. The Kier molecular flexibility index (Phi) is 3.86. The van der Waals surface area contributed by atoms with E-state index in [0.29, 0.717) is 5.82 Å². The number of benzene rings is 1. The molecule has 0 aliphatic heterocycles. The Bertz CT molecular complexity index is 976. The fourth-order valence-corrected chi connectivity index (χ4v) is 3.21. The van der Waals surface area contributed by atoms with Gasteiger partial charge < -0.3 is 10.8 Å². The Labute approximate surface area is 145 Å². The number of nitrogens with two attached hydrogens (primary N) is 1. The highest BCUT2D eigenvalue weighted by Gasteiger charge is 2.26. The number of aromatic nitrogens is 4. The van der Waals surface area contributed by atoms with Crippen molar-refractivity contribution in [3.05, 3.63) is 42.2 Å². The maximum Gasteiger partial charge on any atom is 0.221 e. The van der Waals surface area contributed by atoms with E-state index in [1.165, 1.54) is 6.42 Å². The van der Waals surface area contributed by atoms with Gasteiger partial charge in [0, 0.05) is 23.2 Å². The summed E-state index contributed by atoms with van der Waals surface area (Å²) in [6, 6.07) is 7.63. The molecule has 0 bridgehead atoms. The van der Waals surface area contributed by atoms with Crippen LogP contribution in [0.5, 0.6) is 0 Å². The van der Waals surface area contributed by atoms with E-state index in [1.807, 2.05) is 18.2 Å². The molecule has 1 saturated carbocycles. The van der Waals surface area contributed by atoms with E-state index in [2.05, 4.69) is 26.9 Å². The summed E-state index contributed by atoms with van der Waals surface area (Å²) in [4.78, 5) is 8.13. The van der Waals surface area contributed by atoms with E-state index < -0.39 is 5.60 Å². The minimum atomic E-state index is -0.853. The number of anilines is 1. The van der Waals surface area contributed by atoms with Crippen molar-refractivity contribution in [2.75, 3.05) is 5.73 Å². The molecule has 0 radical (unpaired) electrons. The lowest BCUT2D eigenvalue weighted by Gasteiger charge is -2.26. The van der Waals surface area contributed by atoms with Gasteiger partial charge in [-0.25, -0.2) is 9.67 Å². The van der Waals surface area contributed by atoms with Crippen molar-refractivity contribution in [3.8, 4) is 17.7 Å². The highest BCUT2D eigenvalue weighted by Crippen LogP contribution is 2.27. The third-order valence-electron chi connectivity index (χ3n) is 4.57. The predicted octanol–water partition coefficient (Wildman–Crippen LogP) is 2.44. The molecule has 1 aliphatic carbocycles. The molecule has 2 heterocycles. The summed E-state index contributed by atoms with van der Waals surface area (Å²) in [5, 5.41) is 15.9. The van der Waals surface area contributed by atoms with E-state index in [4.69, 9.17) is 5.73 Å². The van der Waals surface area contributed by atoms with Gasteiger partial charge in [0.1, 0.15) is 5.60 Å². The quantitative estimate of drug-likeness (QED) is 0.668. The molecule has 3 N–H and O–H groups in total. The number of rotatable bonds is 1. The minimum Gasteiger partial charge on any atom is -0.378 e. The third-order valence-corrected chi connectivity index (χ3v) is 4.57. The zero-order valence-electron chi connectivity index (χ0n) is 13.8. The van der Waals surface area contributed by atoms with Gasteiger partial charge in [-0.2, -0.15) is 10.1 Å². The van der Waals surface area contributed by atoms with Crippen molar-refractivity contribution in [2.24, 2.45) is 0 Å².